The van der Waals surface area contributed by atoms with Crippen LogP contribution in [0.25, 0.3) is 11.2 Å². The van der Waals surface area contributed by atoms with Gasteiger partial charge in [0.2, 0.25) is 0 Å². The molecule has 1 amide bonds. The average molecular weight is 330 g/mol. The molecule has 0 radical (unpaired) electrons. The van der Waals surface area contributed by atoms with Gasteiger partial charge in [0.15, 0.2) is 17.1 Å². The first kappa shape index (κ1) is 15.3. The van der Waals surface area contributed by atoms with E-state index in [1.165, 1.54) is 19.2 Å². The second kappa shape index (κ2) is 6.01. The highest BCUT2D eigenvalue weighted by molar-refractivity contribution is 5.87. The van der Waals surface area contributed by atoms with E-state index < -0.39 is 5.60 Å². The number of H-pyrrole nitrogens is 1. The summed E-state index contributed by atoms with van der Waals surface area (Å²) in [6.45, 7) is 3.47. The van der Waals surface area contributed by atoms with Crippen molar-refractivity contribution in [1.29, 1.82) is 0 Å². The lowest BCUT2D eigenvalue weighted by atomic mass is 10.0. The number of aromatic amines is 1. The Kier molecular flexibility index (Phi) is 3.84. The highest BCUT2D eigenvalue weighted by Gasteiger charge is 2.41. The largest absolute Gasteiger partial charge is 0.362 e. The smallest absolute Gasteiger partial charge is 0.254 e. The quantitative estimate of drug-likeness (QED) is 0.872. The van der Waals surface area contributed by atoms with Gasteiger partial charge in [0.1, 0.15) is 11.8 Å². The second-order valence-electron chi connectivity index (χ2n) is 6.75. The number of hydrogen-bond donors (Lipinski definition) is 2. The summed E-state index contributed by atoms with van der Waals surface area (Å²) in [5.74, 6) is 0.731. The van der Waals surface area contributed by atoms with Gasteiger partial charge >= 0.3 is 0 Å². The molecule has 1 aliphatic carbocycles. The second-order valence-corrected chi connectivity index (χ2v) is 6.75. The third-order valence-corrected chi connectivity index (χ3v) is 4.95. The van der Waals surface area contributed by atoms with E-state index in [-0.39, 0.29) is 11.9 Å². The van der Waals surface area contributed by atoms with Crippen LogP contribution in [-0.4, -0.2) is 57.2 Å². The van der Waals surface area contributed by atoms with Gasteiger partial charge in [-0.2, -0.15) is 0 Å². The first-order chi connectivity index (χ1) is 11.7. The molecule has 4 rings (SSSR count). The van der Waals surface area contributed by atoms with Gasteiger partial charge in [0.25, 0.3) is 5.91 Å². The molecule has 2 fully saturated rings. The summed E-state index contributed by atoms with van der Waals surface area (Å²) < 4.78 is 5.86. The Balaban J connectivity index is 1.54. The van der Waals surface area contributed by atoms with E-state index >= 15 is 0 Å². The van der Waals surface area contributed by atoms with Gasteiger partial charge in [-0.3, -0.25) is 4.79 Å². The van der Waals surface area contributed by atoms with E-state index in [9.17, 15) is 4.79 Å². The van der Waals surface area contributed by atoms with Crippen LogP contribution in [0.2, 0.25) is 0 Å². The molecule has 2 aliphatic rings. The minimum atomic E-state index is -0.877. The van der Waals surface area contributed by atoms with Crippen LogP contribution in [0, 0.1) is 0 Å². The molecule has 24 heavy (non-hydrogen) atoms. The number of fused-ring (bicyclic) bond motifs is 1. The van der Waals surface area contributed by atoms with Crippen molar-refractivity contribution in [2.75, 3.05) is 24.6 Å². The molecule has 2 N–H and O–H groups in total. The van der Waals surface area contributed by atoms with E-state index in [1.54, 1.807) is 6.33 Å². The highest BCUT2D eigenvalue weighted by atomic mass is 16.5. The molecule has 1 saturated heterocycles. The summed E-state index contributed by atoms with van der Waals surface area (Å²) in [7, 11) is 0. The normalized spacial score (nSPS) is 25.3. The summed E-state index contributed by atoms with van der Waals surface area (Å²) in [4.78, 5) is 30.6. The van der Waals surface area contributed by atoms with Crippen LogP contribution in [0.15, 0.2) is 12.7 Å². The molecule has 0 bridgehead atoms. The van der Waals surface area contributed by atoms with Crippen molar-refractivity contribution in [1.82, 2.24) is 25.3 Å². The SMILES string of the molecule is CC1(C(=O)NC2CCCC2)CN(c2ncnc3nc[nH]c23)CCO1. The molecule has 8 heteroatoms. The van der Waals surface area contributed by atoms with Gasteiger partial charge < -0.3 is 19.9 Å². The molecular weight excluding hydrogens is 308 g/mol. The summed E-state index contributed by atoms with van der Waals surface area (Å²) in [5, 5.41) is 3.15. The van der Waals surface area contributed by atoms with Gasteiger partial charge in [0, 0.05) is 12.6 Å². The van der Waals surface area contributed by atoms with Crippen molar-refractivity contribution >= 4 is 22.9 Å². The Hall–Kier alpha value is -2.22. The van der Waals surface area contributed by atoms with Gasteiger partial charge in [-0.25, -0.2) is 15.0 Å². The van der Waals surface area contributed by atoms with Crippen molar-refractivity contribution in [2.24, 2.45) is 0 Å². The standard InChI is InChI=1S/C16H22N6O2/c1-16(15(23)21-11-4-2-3-5-11)8-22(6-7-24-16)14-12-13(18-9-17-12)19-10-20-14/h9-11H,2-8H2,1H3,(H,21,23)(H,17,18,19,20). The molecule has 8 nitrogen and oxygen atoms in total. The van der Waals surface area contributed by atoms with Crippen LogP contribution in [0.5, 0.6) is 0 Å². The molecule has 2 aromatic heterocycles. The number of anilines is 1. The summed E-state index contributed by atoms with van der Waals surface area (Å²) >= 11 is 0. The lowest BCUT2D eigenvalue weighted by molar-refractivity contribution is -0.147. The monoisotopic (exact) mass is 330 g/mol. The van der Waals surface area contributed by atoms with Crippen molar-refractivity contribution < 1.29 is 9.53 Å². The van der Waals surface area contributed by atoms with Crippen molar-refractivity contribution in [2.45, 2.75) is 44.2 Å². The Morgan fingerprint density at radius 3 is 3.04 bits per heavy atom. The number of rotatable bonds is 3. The molecule has 1 aliphatic heterocycles. The fraction of sp³-hybridized carbons (Fsp3) is 0.625. The minimum absolute atomic E-state index is 0.0333. The topological polar surface area (TPSA) is 96.0 Å². The van der Waals surface area contributed by atoms with E-state index in [1.807, 2.05) is 6.92 Å². The number of carbonyl (C=O) groups is 1. The highest BCUT2D eigenvalue weighted by Crippen LogP contribution is 2.27. The van der Waals surface area contributed by atoms with Gasteiger partial charge in [-0.1, -0.05) is 12.8 Å². The van der Waals surface area contributed by atoms with E-state index in [0.717, 1.165) is 24.2 Å². The molecule has 0 spiro atoms. The predicted molar refractivity (Wildman–Crippen MR) is 88.7 cm³/mol. The van der Waals surface area contributed by atoms with Crippen LogP contribution >= 0.6 is 0 Å². The maximum Gasteiger partial charge on any atom is 0.254 e. The Labute approximate surface area is 140 Å². The molecule has 128 valence electrons. The number of imidazole rings is 1. The Bertz CT molecular complexity index is 741. The number of carbonyl (C=O) groups excluding carboxylic acids is 1. The molecule has 3 heterocycles. The zero-order valence-corrected chi connectivity index (χ0v) is 13.8. The van der Waals surface area contributed by atoms with Crippen molar-refractivity contribution in [3.05, 3.63) is 12.7 Å². The fourth-order valence-corrected chi connectivity index (χ4v) is 3.59. The van der Waals surface area contributed by atoms with Gasteiger partial charge in [-0.15, -0.1) is 0 Å². The van der Waals surface area contributed by atoms with Gasteiger partial charge in [-0.05, 0) is 19.8 Å². The predicted octanol–water partition coefficient (Wildman–Crippen LogP) is 1.01. The minimum Gasteiger partial charge on any atom is -0.362 e. The van der Waals surface area contributed by atoms with Crippen LogP contribution < -0.4 is 10.2 Å². The molecule has 0 aromatic carbocycles. The lowest BCUT2D eigenvalue weighted by Gasteiger charge is -2.40. The molecule has 1 unspecified atom stereocenters. The third kappa shape index (κ3) is 2.71. The van der Waals surface area contributed by atoms with E-state index in [4.69, 9.17) is 4.74 Å². The summed E-state index contributed by atoms with van der Waals surface area (Å²) in [6.07, 6.45) is 7.61. The van der Waals surface area contributed by atoms with Crippen LogP contribution in [0.1, 0.15) is 32.6 Å². The number of morpholine rings is 1. The Morgan fingerprint density at radius 1 is 1.38 bits per heavy atom. The third-order valence-electron chi connectivity index (χ3n) is 4.95. The number of hydrogen-bond acceptors (Lipinski definition) is 6. The van der Waals surface area contributed by atoms with Crippen LogP contribution in [-0.2, 0) is 9.53 Å². The maximum atomic E-state index is 12.8. The number of amides is 1. The maximum absolute atomic E-state index is 12.8. The fourth-order valence-electron chi connectivity index (χ4n) is 3.59. The summed E-state index contributed by atoms with van der Waals surface area (Å²) in [5.41, 5.74) is 0.541. The first-order valence-electron chi connectivity index (χ1n) is 8.50. The number of aromatic nitrogens is 4. The molecule has 1 atom stereocenters. The lowest BCUT2D eigenvalue weighted by Crippen LogP contribution is -2.59. The number of ether oxygens (including phenoxy) is 1. The number of nitrogens with zero attached hydrogens (tertiary/aromatic N) is 4. The summed E-state index contributed by atoms with van der Waals surface area (Å²) in [6, 6.07) is 0.284. The van der Waals surface area contributed by atoms with E-state index in [2.05, 4.69) is 30.2 Å². The number of nitrogens with one attached hydrogen (secondary N) is 2. The van der Waals surface area contributed by atoms with Crippen molar-refractivity contribution in [3.8, 4) is 0 Å². The van der Waals surface area contributed by atoms with Crippen LogP contribution in [0.3, 0.4) is 0 Å². The van der Waals surface area contributed by atoms with Gasteiger partial charge in [0.05, 0.1) is 19.5 Å². The average Bonchev–Trinajstić information content (AvgIpc) is 3.25. The molecule has 2 aromatic rings. The van der Waals surface area contributed by atoms with Crippen molar-refractivity contribution in [3.63, 3.8) is 0 Å². The molecule has 1 saturated carbocycles. The molecular formula is C16H22N6O2. The van der Waals surface area contributed by atoms with E-state index in [0.29, 0.717) is 25.3 Å². The zero-order chi connectivity index (χ0) is 16.6. The first-order valence-corrected chi connectivity index (χ1v) is 8.50. The Morgan fingerprint density at radius 2 is 2.21 bits per heavy atom. The zero-order valence-electron chi connectivity index (χ0n) is 13.8. The van der Waals surface area contributed by atoms with Crippen LogP contribution in [0.4, 0.5) is 5.82 Å².